The summed E-state index contributed by atoms with van der Waals surface area (Å²) in [5.41, 5.74) is 0.978. The van der Waals surface area contributed by atoms with Gasteiger partial charge in [0.25, 0.3) is 5.56 Å². The number of thiazole rings is 1. The summed E-state index contributed by atoms with van der Waals surface area (Å²) in [7, 11) is 0. The van der Waals surface area contributed by atoms with E-state index in [0.29, 0.717) is 10.7 Å². The van der Waals surface area contributed by atoms with Crippen molar-refractivity contribution < 1.29 is 19.7 Å². The third kappa shape index (κ3) is 5.00. The lowest BCUT2D eigenvalue weighted by molar-refractivity contribution is 0.00446. The summed E-state index contributed by atoms with van der Waals surface area (Å²) in [6.45, 7) is -0.276. The molecule has 1 saturated carbocycles. The number of aliphatic hydroxyl groups is 3. The number of para-hydroxylation sites is 1. The molecule has 0 bridgehead atoms. The third-order valence-corrected chi connectivity index (χ3v) is 6.95. The lowest BCUT2D eigenvalue weighted by Gasteiger charge is -2.20. The van der Waals surface area contributed by atoms with Gasteiger partial charge in [-0.2, -0.15) is 4.98 Å². The minimum absolute atomic E-state index is 0. The molecular weight excluding hydrogens is 497 g/mol. The fraction of sp³-hybridized carbons (Fsp3) is 0.261. The van der Waals surface area contributed by atoms with E-state index in [1.807, 2.05) is 24.3 Å². The number of aromatic nitrogens is 3. The summed E-state index contributed by atoms with van der Waals surface area (Å²) < 4.78 is 14.2. The maximum atomic E-state index is 13.3. The van der Waals surface area contributed by atoms with E-state index in [9.17, 15) is 24.5 Å². The average Bonchev–Trinajstić information content (AvgIpc) is 3.36. The number of aliphatic hydroxyl groups excluding tert-OH is 3. The molecule has 35 heavy (non-hydrogen) atoms. The van der Waals surface area contributed by atoms with Crippen LogP contribution in [0.3, 0.4) is 0 Å². The number of anilines is 3. The fourth-order valence-electron chi connectivity index (χ4n) is 4.11. The van der Waals surface area contributed by atoms with Crippen LogP contribution in [0.15, 0.2) is 53.3 Å². The number of nitrogens with one attached hydrogen (secondary N) is 3. The second-order valence-corrected chi connectivity index (χ2v) is 9.20. The summed E-state index contributed by atoms with van der Waals surface area (Å²) in [6, 6.07) is 12.4. The molecule has 0 aliphatic heterocycles. The van der Waals surface area contributed by atoms with E-state index in [4.69, 9.17) is 0 Å². The quantitative estimate of drug-likeness (QED) is 0.228. The monoisotopic (exact) mass is 519 g/mol. The lowest BCUT2D eigenvalue weighted by Crippen LogP contribution is -2.36. The van der Waals surface area contributed by atoms with Gasteiger partial charge in [-0.1, -0.05) is 12.1 Å². The van der Waals surface area contributed by atoms with E-state index in [-0.39, 0.29) is 42.8 Å². The highest BCUT2D eigenvalue weighted by molar-refractivity contribution is 7.21. The molecule has 6 N–H and O–H groups in total. The molecule has 0 unspecified atom stereocenters. The fourth-order valence-corrected chi connectivity index (χ4v) is 5.12. The molecule has 1 aliphatic carbocycles. The molecule has 4 aromatic rings. The first kappa shape index (κ1) is 25.0. The summed E-state index contributed by atoms with van der Waals surface area (Å²) in [6.07, 6.45) is -1.98. The Morgan fingerprint density at radius 1 is 1.09 bits per heavy atom. The van der Waals surface area contributed by atoms with Crippen molar-refractivity contribution in [2.45, 2.75) is 24.7 Å². The molecule has 1 fully saturated rings. The van der Waals surface area contributed by atoms with Gasteiger partial charge in [-0.15, -0.1) is 23.7 Å². The highest BCUT2D eigenvalue weighted by Gasteiger charge is 2.41. The van der Waals surface area contributed by atoms with Gasteiger partial charge in [0.05, 0.1) is 22.4 Å². The third-order valence-electron chi connectivity index (χ3n) is 5.89. The van der Waals surface area contributed by atoms with Crippen LogP contribution < -0.4 is 16.2 Å². The Labute approximate surface area is 209 Å². The van der Waals surface area contributed by atoms with Gasteiger partial charge in [0.2, 0.25) is 5.95 Å². The number of hydrogen-bond acceptors (Lipinski definition) is 9. The Bertz CT molecular complexity index is 1350. The zero-order valence-electron chi connectivity index (χ0n) is 18.2. The molecule has 0 radical (unpaired) electrons. The molecule has 2 aromatic heterocycles. The van der Waals surface area contributed by atoms with Crippen LogP contribution in [0.25, 0.3) is 20.8 Å². The summed E-state index contributed by atoms with van der Waals surface area (Å²) >= 11 is 1.33. The van der Waals surface area contributed by atoms with Crippen molar-refractivity contribution in [1.82, 2.24) is 15.0 Å². The highest BCUT2D eigenvalue weighted by atomic mass is 35.5. The second kappa shape index (κ2) is 10.3. The molecular formula is C23H23ClFN5O4S. The topological polar surface area (TPSA) is 143 Å². The summed E-state index contributed by atoms with van der Waals surface area (Å²) in [5.74, 6) is -0.622. The molecule has 2 heterocycles. The SMILES string of the molecule is Cl.O=c1[nH]c(Nc2ccc(F)cc2)nc(N[C@@H]2C[C@H](CO)[C@@H](O)[C@H]2O)c1-c1nc2ccccc2s1. The van der Waals surface area contributed by atoms with Crippen molar-refractivity contribution in [3.8, 4) is 10.6 Å². The van der Waals surface area contributed by atoms with Crippen molar-refractivity contribution in [2.24, 2.45) is 5.92 Å². The predicted octanol–water partition coefficient (Wildman–Crippen LogP) is 2.87. The zero-order valence-corrected chi connectivity index (χ0v) is 19.8. The first-order valence-corrected chi connectivity index (χ1v) is 11.5. The van der Waals surface area contributed by atoms with Gasteiger partial charge < -0.3 is 26.0 Å². The van der Waals surface area contributed by atoms with Gasteiger partial charge >= 0.3 is 0 Å². The van der Waals surface area contributed by atoms with E-state index in [2.05, 4.69) is 25.6 Å². The zero-order chi connectivity index (χ0) is 23.8. The Kier molecular flexibility index (Phi) is 7.33. The number of benzene rings is 2. The van der Waals surface area contributed by atoms with Crippen molar-refractivity contribution >= 4 is 51.4 Å². The number of hydrogen-bond donors (Lipinski definition) is 6. The largest absolute Gasteiger partial charge is 0.396 e. The second-order valence-electron chi connectivity index (χ2n) is 8.17. The molecule has 0 spiro atoms. The van der Waals surface area contributed by atoms with E-state index in [0.717, 1.165) is 10.2 Å². The van der Waals surface area contributed by atoms with E-state index in [1.54, 1.807) is 0 Å². The maximum Gasteiger partial charge on any atom is 0.264 e. The maximum absolute atomic E-state index is 13.3. The first-order chi connectivity index (χ1) is 16.4. The highest BCUT2D eigenvalue weighted by Crippen LogP contribution is 2.34. The van der Waals surface area contributed by atoms with Gasteiger partial charge in [0, 0.05) is 18.2 Å². The number of H-pyrrole nitrogens is 1. The number of nitrogens with zero attached hydrogens (tertiary/aromatic N) is 2. The molecule has 0 amide bonds. The molecule has 5 rings (SSSR count). The van der Waals surface area contributed by atoms with Gasteiger partial charge in [-0.25, -0.2) is 9.37 Å². The van der Waals surface area contributed by atoms with Crippen LogP contribution in [-0.4, -0.2) is 55.1 Å². The van der Waals surface area contributed by atoms with Crippen LogP contribution in [0.1, 0.15) is 6.42 Å². The molecule has 1 aliphatic rings. The smallest absolute Gasteiger partial charge is 0.264 e. The van der Waals surface area contributed by atoms with Gasteiger partial charge in [0.1, 0.15) is 28.3 Å². The van der Waals surface area contributed by atoms with E-state index < -0.39 is 35.5 Å². The molecule has 2 aromatic carbocycles. The van der Waals surface area contributed by atoms with Crippen molar-refractivity contribution in [1.29, 1.82) is 0 Å². The summed E-state index contributed by atoms with van der Waals surface area (Å²) in [5, 5.41) is 36.7. The Morgan fingerprint density at radius 2 is 1.83 bits per heavy atom. The van der Waals surface area contributed by atoms with Crippen molar-refractivity contribution in [3.63, 3.8) is 0 Å². The minimum Gasteiger partial charge on any atom is -0.396 e. The number of halogens is 2. The number of rotatable bonds is 6. The summed E-state index contributed by atoms with van der Waals surface area (Å²) in [4.78, 5) is 25.0. The van der Waals surface area contributed by atoms with Crippen molar-refractivity contribution in [3.05, 3.63) is 64.7 Å². The van der Waals surface area contributed by atoms with Gasteiger partial charge in [-0.05, 0) is 42.8 Å². The Balaban J connectivity index is 0.00000289. The lowest BCUT2D eigenvalue weighted by atomic mass is 10.1. The molecule has 4 atom stereocenters. The molecule has 184 valence electrons. The first-order valence-electron chi connectivity index (χ1n) is 10.7. The van der Waals surface area contributed by atoms with Crippen LogP contribution >= 0.6 is 23.7 Å². The normalized spacial score (nSPS) is 21.6. The Morgan fingerprint density at radius 3 is 2.51 bits per heavy atom. The van der Waals surface area contributed by atoms with Crippen LogP contribution in [0.5, 0.6) is 0 Å². The van der Waals surface area contributed by atoms with Crippen LogP contribution in [-0.2, 0) is 0 Å². The number of aromatic amines is 1. The Hall–Kier alpha value is -3.09. The van der Waals surface area contributed by atoms with E-state index in [1.165, 1.54) is 35.6 Å². The van der Waals surface area contributed by atoms with Gasteiger partial charge in [0.15, 0.2) is 0 Å². The van der Waals surface area contributed by atoms with E-state index >= 15 is 0 Å². The molecule has 9 nitrogen and oxygen atoms in total. The van der Waals surface area contributed by atoms with Gasteiger partial charge in [-0.3, -0.25) is 9.78 Å². The van der Waals surface area contributed by atoms with Crippen LogP contribution in [0.4, 0.5) is 21.8 Å². The minimum atomic E-state index is -1.16. The average molecular weight is 520 g/mol. The van der Waals surface area contributed by atoms with Crippen LogP contribution in [0.2, 0.25) is 0 Å². The standard InChI is InChI=1S/C23H22FN5O4S.ClH/c24-12-5-7-13(8-6-12)25-23-28-20(26-15-9-11(10-30)18(31)19(15)32)17(21(33)29-23)22-27-14-3-1-2-4-16(14)34-22;/h1-8,11,15,18-19,30-32H,9-10H2,(H3,25,26,28,29,33);1H/t11-,15-,18-,19+;/m1./s1. The predicted molar refractivity (Wildman–Crippen MR) is 135 cm³/mol. The number of fused-ring (bicyclic) bond motifs is 1. The molecule has 12 heteroatoms. The molecule has 0 saturated heterocycles. The van der Waals surface area contributed by atoms with Crippen LogP contribution in [0, 0.1) is 11.7 Å². The van der Waals surface area contributed by atoms with Crippen molar-refractivity contribution in [2.75, 3.05) is 17.2 Å².